The van der Waals surface area contributed by atoms with Crippen LogP contribution in [-0.2, 0) is 9.84 Å². The van der Waals surface area contributed by atoms with Crippen molar-refractivity contribution in [1.29, 1.82) is 0 Å². The van der Waals surface area contributed by atoms with Gasteiger partial charge in [0.25, 0.3) is 0 Å². The van der Waals surface area contributed by atoms with E-state index in [1.165, 1.54) is 18.2 Å². The van der Waals surface area contributed by atoms with Gasteiger partial charge in [-0.25, -0.2) is 12.8 Å². The molecule has 0 saturated carbocycles. The Kier molecular flexibility index (Phi) is 6.61. The number of hydrogen-bond acceptors (Lipinski definition) is 3. The van der Waals surface area contributed by atoms with Crippen LogP contribution < -0.4 is 10.6 Å². The second kappa shape index (κ2) is 7.97. The van der Waals surface area contributed by atoms with Crippen molar-refractivity contribution in [2.45, 2.75) is 31.2 Å². The van der Waals surface area contributed by atoms with Crippen LogP contribution in [0.1, 0.15) is 20.3 Å². The quantitative estimate of drug-likeness (QED) is 0.617. The third kappa shape index (κ3) is 5.34. The molecule has 0 amide bonds. The molecule has 7 heteroatoms. The average molecular weight is 315 g/mol. The average Bonchev–Trinajstić information content (AvgIpc) is 2.46. The van der Waals surface area contributed by atoms with Crippen LogP contribution in [0.5, 0.6) is 0 Å². The first-order chi connectivity index (χ1) is 9.90. The fourth-order valence-corrected chi connectivity index (χ4v) is 2.88. The van der Waals surface area contributed by atoms with Gasteiger partial charge in [0.2, 0.25) is 0 Å². The third-order valence-electron chi connectivity index (χ3n) is 3.05. The first kappa shape index (κ1) is 17.4. The predicted molar refractivity (Wildman–Crippen MR) is 82.7 cm³/mol. The number of aliphatic imine (C=N–C) groups is 1. The maximum absolute atomic E-state index is 13.5. The minimum atomic E-state index is -3.65. The van der Waals surface area contributed by atoms with Crippen molar-refractivity contribution in [1.82, 2.24) is 10.6 Å². The highest BCUT2D eigenvalue weighted by Crippen LogP contribution is 2.14. The molecule has 0 radical (unpaired) electrons. The normalized spacial score (nSPS) is 13.8. The highest BCUT2D eigenvalue weighted by atomic mass is 32.2. The van der Waals surface area contributed by atoms with E-state index in [1.807, 2.05) is 13.8 Å². The Morgan fingerprint density at radius 2 is 2.05 bits per heavy atom. The van der Waals surface area contributed by atoms with E-state index >= 15 is 0 Å². The number of nitrogens with one attached hydrogen (secondary N) is 2. The molecule has 0 aliphatic heterocycles. The summed E-state index contributed by atoms with van der Waals surface area (Å²) in [5.74, 6) is -0.387. The second-order valence-corrected chi connectivity index (χ2v) is 6.78. The van der Waals surface area contributed by atoms with Gasteiger partial charge in [0.1, 0.15) is 10.7 Å². The molecule has 0 heterocycles. The standard InChI is InChI=1S/C14H22FN3O2S/c1-4-11(2)18-14(16-3)17-9-10-21(19,20)13-8-6-5-7-12(13)15/h5-8,11H,4,9-10H2,1-3H3,(H2,16,17,18). The van der Waals surface area contributed by atoms with Crippen LogP contribution in [0.2, 0.25) is 0 Å². The van der Waals surface area contributed by atoms with Crippen molar-refractivity contribution in [3.63, 3.8) is 0 Å². The van der Waals surface area contributed by atoms with Crippen molar-refractivity contribution in [2.75, 3.05) is 19.3 Å². The molecule has 1 aromatic carbocycles. The van der Waals surface area contributed by atoms with Crippen molar-refractivity contribution < 1.29 is 12.8 Å². The summed E-state index contributed by atoms with van der Waals surface area (Å²) in [7, 11) is -2.03. The van der Waals surface area contributed by atoms with E-state index in [2.05, 4.69) is 15.6 Å². The zero-order chi connectivity index (χ0) is 15.9. The van der Waals surface area contributed by atoms with Gasteiger partial charge in [-0.15, -0.1) is 0 Å². The molecule has 0 spiro atoms. The minimum Gasteiger partial charge on any atom is -0.355 e. The Morgan fingerprint density at radius 3 is 2.62 bits per heavy atom. The molecule has 5 nitrogen and oxygen atoms in total. The van der Waals surface area contributed by atoms with E-state index in [4.69, 9.17) is 0 Å². The van der Waals surface area contributed by atoms with Gasteiger partial charge in [-0.2, -0.15) is 0 Å². The lowest BCUT2D eigenvalue weighted by Gasteiger charge is -2.16. The molecule has 2 N–H and O–H groups in total. The zero-order valence-electron chi connectivity index (χ0n) is 12.6. The molecular formula is C14H22FN3O2S. The summed E-state index contributed by atoms with van der Waals surface area (Å²) in [6.07, 6.45) is 0.925. The maximum Gasteiger partial charge on any atom is 0.191 e. The molecule has 0 aromatic heterocycles. The van der Waals surface area contributed by atoms with Gasteiger partial charge < -0.3 is 10.6 Å². The molecule has 1 unspecified atom stereocenters. The molecule has 1 aromatic rings. The smallest absolute Gasteiger partial charge is 0.191 e. The second-order valence-electron chi connectivity index (χ2n) is 4.70. The minimum absolute atomic E-state index is 0.159. The van der Waals surface area contributed by atoms with E-state index in [1.54, 1.807) is 7.05 Å². The molecule has 0 aliphatic rings. The van der Waals surface area contributed by atoms with Crippen LogP contribution in [0.15, 0.2) is 34.2 Å². The molecule has 118 valence electrons. The van der Waals surface area contributed by atoms with E-state index in [9.17, 15) is 12.8 Å². The van der Waals surface area contributed by atoms with Gasteiger partial charge in [-0.05, 0) is 25.5 Å². The monoisotopic (exact) mass is 315 g/mol. The Morgan fingerprint density at radius 1 is 1.38 bits per heavy atom. The molecule has 1 rings (SSSR count). The fraction of sp³-hybridized carbons (Fsp3) is 0.500. The summed E-state index contributed by atoms with van der Waals surface area (Å²) in [5, 5.41) is 6.04. The molecule has 0 bridgehead atoms. The van der Waals surface area contributed by atoms with Gasteiger partial charge in [0.15, 0.2) is 15.8 Å². The van der Waals surface area contributed by atoms with Crippen LogP contribution in [0.3, 0.4) is 0 Å². The number of nitrogens with zero attached hydrogens (tertiary/aromatic N) is 1. The molecule has 1 atom stereocenters. The SMILES string of the molecule is CCC(C)NC(=NC)NCCS(=O)(=O)c1ccccc1F. The number of rotatable bonds is 6. The van der Waals surface area contributed by atoms with Gasteiger partial charge in [-0.3, -0.25) is 4.99 Å². The summed E-state index contributed by atoms with van der Waals surface area (Å²) >= 11 is 0. The largest absolute Gasteiger partial charge is 0.355 e. The van der Waals surface area contributed by atoms with Gasteiger partial charge >= 0.3 is 0 Å². The van der Waals surface area contributed by atoms with Gasteiger partial charge in [0.05, 0.1) is 5.75 Å². The van der Waals surface area contributed by atoms with E-state index in [0.29, 0.717) is 5.96 Å². The van der Waals surface area contributed by atoms with Crippen molar-refractivity contribution >= 4 is 15.8 Å². The van der Waals surface area contributed by atoms with Crippen molar-refractivity contribution in [3.05, 3.63) is 30.1 Å². The van der Waals surface area contributed by atoms with Gasteiger partial charge in [-0.1, -0.05) is 19.1 Å². The predicted octanol–water partition coefficient (Wildman–Crippen LogP) is 1.56. The molecule has 0 saturated heterocycles. The summed E-state index contributed by atoms with van der Waals surface area (Å²) in [4.78, 5) is 3.74. The third-order valence-corrected chi connectivity index (χ3v) is 4.80. The number of hydrogen-bond donors (Lipinski definition) is 2. The topological polar surface area (TPSA) is 70.6 Å². The molecular weight excluding hydrogens is 293 g/mol. The molecule has 21 heavy (non-hydrogen) atoms. The van der Waals surface area contributed by atoms with E-state index in [0.717, 1.165) is 12.5 Å². The lowest BCUT2D eigenvalue weighted by atomic mass is 10.3. The van der Waals surface area contributed by atoms with Crippen molar-refractivity contribution in [3.8, 4) is 0 Å². The number of benzene rings is 1. The van der Waals surface area contributed by atoms with Crippen LogP contribution >= 0.6 is 0 Å². The summed E-state index contributed by atoms with van der Waals surface area (Å²) in [5.41, 5.74) is 0. The van der Waals surface area contributed by atoms with Gasteiger partial charge in [0, 0.05) is 19.6 Å². The maximum atomic E-state index is 13.5. The van der Waals surface area contributed by atoms with E-state index in [-0.39, 0.29) is 23.2 Å². The Balaban J connectivity index is 2.61. The van der Waals surface area contributed by atoms with Crippen LogP contribution in [0.25, 0.3) is 0 Å². The highest BCUT2D eigenvalue weighted by molar-refractivity contribution is 7.91. The summed E-state index contributed by atoms with van der Waals surface area (Å²) in [6.45, 7) is 4.20. The molecule has 0 aliphatic carbocycles. The van der Waals surface area contributed by atoms with Crippen LogP contribution in [-0.4, -0.2) is 39.8 Å². The lowest BCUT2D eigenvalue weighted by Crippen LogP contribution is -2.43. The van der Waals surface area contributed by atoms with Crippen LogP contribution in [0.4, 0.5) is 4.39 Å². The molecule has 0 fully saturated rings. The zero-order valence-corrected chi connectivity index (χ0v) is 13.4. The van der Waals surface area contributed by atoms with Crippen LogP contribution in [0, 0.1) is 5.82 Å². The highest BCUT2D eigenvalue weighted by Gasteiger charge is 2.18. The summed E-state index contributed by atoms with van der Waals surface area (Å²) < 4.78 is 37.6. The number of guanidine groups is 1. The Bertz CT molecular complexity index is 588. The fourth-order valence-electron chi connectivity index (χ4n) is 1.64. The Hall–Kier alpha value is -1.63. The first-order valence-corrected chi connectivity index (χ1v) is 8.50. The Labute approximate surface area is 125 Å². The van der Waals surface area contributed by atoms with Crippen molar-refractivity contribution in [2.24, 2.45) is 4.99 Å². The number of sulfone groups is 1. The first-order valence-electron chi connectivity index (χ1n) is 6.85. The number of halogens is 1. The van der Waals surface area contributed by atoms with E-state index < -0.39 is 15.7 Å². The lowest BCUT2D eigenvalue weighted by molar-refractivity contribution is 0.566. The summed E-state index contributed by atoms with van der Waals surface area (Å²) in [6, 6.07) is 5.62.